The first-order chi connectivity index (χ1) is 14.9. The van der Waals surface area contributed by atoms with Crippen molar-refractivity contribution in [3.8, 4) is 0 Å². The Hall–Kier alpha value is -1.96. The van der Waals surface area contributed by atoms with Crippen LogP contribution in [0, 0.1) is 13.8 Å². The molecule has 0 bridgehead atoms. The predicted octanol–water partition coefficient (Wildman–Crippen LogP) is 3.34. The highest BCUT2D eigenvalue weighted by Crippen LogP contribution is 2.20. The van der Waals surface area contributed by atoms with Crippen LogP contribution in [0.25, 0.3) is 10.9 Å². The van der Waals surface area contributed by atoms with Crippen molar-refractivity contribution >= 4 is 28.2 Å². The Labute approximate surface area is 191 Å². The minimum Gasteiger partial charge on any atom is -0.376 e. The fraction of sp³-hybridized carbons (Fsp3) is 0.583. The van der Waals surface area contributed by atoms with Crippen LogP contribution in [0.5, 0.6) is 0 Å². The summed E-state index contributed by atoms with van der Waals surface area (Å²) in [6.07, 6.45) is 2.39. The van der Waals surface area contributed by atoms with Gasteiger partial charge >= 0.3 is 0 Å². The van der Waals surface area contributed by atoms with Gasteiger partial charge in [-0.2, -0.15) is 0 Å². The van der Waals surface area contributed by atoms with Crippen LogP contribution in [0.1, 0.15) is 43.4 Å². The molecule has 170 valence electrons. The lowest BCUT2D eigenvalue weighted by Crippen LogP contribution is -2.46. The smallest absolute Gasteiger partial charge is 0.253 e. The maximum Gasteiger partial charge on any atom is 0.253 e. The van der Waals surface area contributed by atoms with E-state index in [1.165, 1.54) is 0 Å². The second-order valence-electron chi connectivity index (χ2n) is 8.38. The standard InChI is InChI=1S/C24H36N4O2S/c1-5-27(6-2)11-12-28(24(31)25-15-20-8-7-13-30-20)16-19-14-21-17(3)9-10-18(4)22(21)26-23(19)29/h9-10,14,20H,5-8,11-13,15-16H2,1-4H3,(H,25,31)(H,26,29)/t20-/m1/s1. The molecule has 0 saturated carbocycles. The zero-order valence-corrected chi connectivity index (χ0v) is 20.1. The number of pyridine rings is 1. The third kappa shape index (κ3) is 6.05. The van der Waals surface area contributed by atoms with E-state index in [2.05, 4.69) is 46.9 Å². The van der Waals surface area contributed by atoms with Crippen molar-refractivity contribution in [2.75, 3.05) is 39.3 Å². The summed E-state index contributed by atoms with van der Waals surface area (Å²) in [5.74, 6) is 0. The molecular formula is C24H36N4O2S. The quantitative estimate of drug-likeness (QED) is 0.579. The molecule has 3 rings (SSSR count). The average molecular weight is 445 g/mol. The number of hydrogen-bond acceptors (Lipinski definition) is 4. The van der Waals surface area contributed by atoms with Gasteiger partial charge in [0.15, 0.2) is 5.11 Å². The van der Waals surface area contributed by atoms with Crippen LogP contribution in [0.3, 0.4) is 0 Å². The normalized spacial score (nSPS) is 16.2. The number of benzene rings is 1. The van der Waals surface area contributed by atoms with Crippen LogP contribution in [0.2, 0.25) is 0 Å². The summed E-state index contributed by atoms with van der Waals surface area (Å²) in [7, 11) is 0. The van der Waals surface area contributed by atoms with E-state index in [9.17, 15) is 4.79 Å². The molecule has 1 aromatic heterocycles. The Balaban J connectivity index is 1.80. The van der Waals surface area contributed by atoms with Crippen molar-refractivity contribution in [2.45, 2.75) is 53.2 Å². The van der Waals surface area contributed by atoms with E-state index >= 15 is 0 Å². The second-order valence-corrected chi connectivity index (χ2v) is 8.77. The third-order valence-electron chi connectivity index (χ3n) is 6.25. The van der Waals surface area contributed by atoms with Crippen molar-refractivity contribution in [1.82, 2.24) is 20.1 Å². The lowest BCUT2D eigenvalue weighted by molar-refractivity contribution is 0.113. The number of likely N-dealkylation sites (N-methyl/N-ethyl adjacent to an activating group) is 1. The second kappa shape index (κ2) is 11.1. The summed E-state index contributed by atoms with van der Waals surface area (Å²) in [6, 6.07) is 6.18. The average Bonchev–Trinajstić information content (AvgIpc) is 3.29. The van der Waals surface area contributed by atoms with Gasteiger partial charge in [0.25, 0.3) is 5.56 Å². The van der Waals surface area contributed by atoms with Gasteiger partial charge in [-0.25, -0.2) is 0 Å². The molecule has 2 N–H and O–H groups in total. The number of rotatable bonds is 9. The number of aromatic amines is 1. The van der Waals surface area contributed by atoms with Gasteiger partial charge in [-0.1, -0.05) is 26.0 Å². The summed E-state index contributed by atoms with van der Waals surface area (Å²) < 4.78 is 5.72. The molecule has 0 radical (unpaired) electrons. The molecule has 1 aliphatic rings. The first-order valence-corrected chi connectivity index (χ1v) is 11.8. The Morgan fingerprint density at radius 3 is 2.65 bits per heavy atom. The highest BCUT2D eigenvalue weighted by Gasteiger charge is 2.19. The zero-order valence-electron chi connectivity index (χ0n) is 19.3. The Bertz CT molecular complexity index is 948. The lowest BCUT2D eigenvalue weighted by atomic mass is 10.0. The molecule has 1 aromatic carbocycles. The molecule has 2 heterocycles. The Morgan fingerprint density at radius 2 is 1.97 bits per heavy atom. The van der Waals surface area contributed by atoms with Crippen LogP contribution in [-0.2, 0) is 11.3 Å². The largest absolute Gasteiger partial charge is 0.376 e. The van der Waals surface area contributed by atoms with Gasteiger partial charge < -0.3 is 24.8 Å². The van der Waals surface area contributed by atoms with Crippen molar-refractivity contribution < 1.29 is 4.74 Å². The molecular weight excluding hydrogens is 408 g/mol. The number of H-pyrrole nitrogens is 1. The van der Waals surface area contributed by atoms with Gasteiger partial charge in [0.2, 0.25) is 0 Å². The van der Waals surface area contributed by atoms with E-state index in [0.717, 1.165) is 73.2 Å². The van der Waals surface area contributed by atoms with Gasteiger partial charge in [-0.05, 0) is 69.2 Å². The van der Waals surface area contributed by atoms with Gasteiger partial charge in [0, 0.05) is 37.2 Å². The summed E-state index contributed by atoms with van der Waals surface area (Å²) in [6.45, 7) is 14.1. The van der Waals surface area contributed by atoms with E-state index in [1.54, 1.807) is 0 Å². The van der Waals surface area contributed by atoms with Crippen LogP contribution in [0.15, 0.2) is 23.0 Å². The Kier molecular flexibility index (Phi) is 8.46. The van der Waals surface area contributed by atoms with Crippen LogP contribution < -0.4 is 10.9 Å². The van der Waals surface area contributed by atoms with Gasteiger partial charge in [-0.15, -0.1) is 0 Å². The fourth-order valence-electron chi connectivity index (χ4n) is 4.11. The molecule has 0 aliphatic carbocycles. The van der Waals surface area contributed by atoms with Crippen LogP contribution in [-0.4, -0.2) is 65.3 Å². The summed E-state index contributed by atoms with van der Waals surface area (Å²) in [5.41, 5.74) is 3.85. The molecule has 7 heteroatoms. The number of nitrogens with one attached hydrogen (secondary N) is 2. The number of nitrogens with zero attached hydrogens (tertiary/aromatic N) is 2. The van der Waals surface area contributed by atoms with Crippen molar-refractivity contribution in [1.29, 1.82) is 0 Å². The zero-order chi connectivity index (χ0) is 22.4. The van der Waals surface area contributed by atoms with E-state index in [0.29, 0.717) is 18.2 Å². The molecule has 2 aromatic rings. The molecule has 1 aliphatic heterocycles. The predicted molar refractivity (Wildman–Crippen MR) is 132 cm³/mol. The van der Waals surface area contributed by atoms with Gasteiger partial charge in [-0.3, -0.25) is 4.79 Å². The highest BCUT2D eigenvalue weighted by molar-refractivity contribution is 7.80. The monoisotopic (exact) mass is 444 g/mol. The van der Waals surface area contributed by atoms with E-state index in [-0.39, 0.29) is 11.7 Å². The molecule has 1 atom stereocenters. The minimum absolute atomic E-state index is 0.0454. The molecule has 0 spiro atoms. The lowest BCUT2D eigenvalue weighted by Gasteiger charge is -2.29. The maximum absolute atomic E-state index is 12.9. The number of aryl methyl sites for hydroxylation is 2. The van der Waals surface area contributed by atoms with E-state index in [4.69, 9.17) is 17.0 Å². The molecule has 6 nitrogen and oxygen atoms in total. The SMILES string of the molecule is CCN(CC)CCN(Cc1cc2c(C)ccc(C)c2[nH]c1=O)C(=S)NC[C@H]1CCCO1. The van der Waals surface area contributed by atoms with Crippen LogP contribution >= 0.6 is 12.2 Å². The number of hydrogen-bond donors (Lipinski definition) is 2. The molecule has 0 unspecified atom stereocenters. The topological polar surface area (TPSA) is 60.6 Å². The molecule has 31 heavy (non-hydrogen) atoms. The highest BCUT2D eigenvalue weighted by atomic mass is 32.1. The Morgan fingerprint density at radius 1 is 1.23 bits per heavy atom. The minimum atomic E-state index is -0.0454. The number of aromatic nitrogens is 1. The fourth-order valence-corrected chi connectivity index (χ4v) is 4.35. The summed E-state index contributed by atoms with van der Waals surface area (Å²) in [4.78, 5) is 20.5. The summed E-state index contributed by atoms with van der Waals surface area (Å²) >= 11 is 5.75. The van der Waals surface area contributed by atoms with Gasteiger partial charge in [0.1, 0.15) is 0 Å². The number of thiocarbonyl (C=S) groups is 1. The van der Waals surface area contributed by atoms with Crippen molar-refractivity contribution in [2.24, 2.45) is 0 Å². The van der Waals surface area contributed by atoms with Crippen LogP contribution in [0.4, 0.5) is 0 Å². The molecule has 1 saturated heterocycles. The van der Waals surface area contributed by atoms with E-state index in [1.807, 2.05) is 19.1 Å². The van der Waals surface area contributed by atoms with Gasteiger partial charge in [0.05, 0.1) is 18.2 Å². The third-order valence-corrected chi connectivity index (χ3v) is 6.66. The first kappa shape index (κ1) is 23.7. The molecule has 1 fully saturated rings. The maximum atomic E-state index is 12.9. The number of fused-ring (bicyclic) bond motifs is 1. The van der Waals surface area contributed by atoms with Crippen molar-refractivity contribution in [3.05, 3.63) is 45.2 Å². The van der Waals surface area contributed by atoms with Crippen molar-refractivity contribution in [3.63, 3.8) is 0 Å². The molecule has 0 amide bonds. The number of ether oxygens (including phenoxy) is 1. The van der Waals surface area contributed by atoms with E-state index < -0.39 is 0 Å². The summed E-state index contributed by atoms with van der Waals surface area (Å²) in [5, 5.41) is 5.16. The first-order valence-electron chi connectivity index (χ1n) is 11.4.